The van der Waals surface area contributed by atoms with Crippen LogP contribution in [0.25, 0.3) is 0 Å². The fourth-order valence-corrected chi connectivity index (χ4v) is 0.695. The maximum Gasteiger partial charge on any atom is 0.414 e. The number of rotatable bonds is 4. The summed E-state index contributed by atoms with van der Waals surface area (Å²) in [6.45, 7) is -1.78. The van der Waals surface area contributed by atoms with Crippen molar-refractivity contribution in [2.45, 2.75) is 12.7 Å². The topological polar surface area (TPSA) is 69.0 Å². The van der Waals surface area contributed by atoms with Gasteiger partial charge in [-0.2, -0.15) is 13.2 Å². The normalized spacial score (nSPS) is 11.4. The molecule has 0 saturated carbocycles. The lowest BCUT2D eigenvalue weighted by Gasteiger charge is -2.07. The van der Waals surface area contributed by atoms with Gasteiger partial charge in [0.1, 0.15) is 6.54 Å². The maximum atomic E-state index is 11.6. The number of nitrogens with zero attached hydrogens (tertiary/aromatic N) is 3. The Bertz CT molecular complexity index is 311. The molecule has 15 heavy (non-hydrogen) atoms. The number of carbonyl (C=O) groups excluding carboxylic acids is 1. The van der Waals surface area contributed by atoms with Gasteiger partial charge in [-0.3, -0.25) is 9.63 Å². The van der Waals surface area contributed by atoms with Gasteiger partial charge in [0.15, 0.2) is 6.61 Å². The van der Waals surface area contributed by atoms with Crippen LogP contribution < -0.4 is 5.48 Å². The summed E-state index contributed by atoms with van der Waals surface area (Å²) in [6, 6.07) is 0. The molecule has 0 spiro atoms. The third-order valence-electron chi connectivity index (χ3n) is 1.20. The SMILES string of the molecule is O=C(Cn1ccnn1)NOCC(F)(F)F. The standard InChI is InChI=1S/C6H7F3N4O2/c7-6(8,9)4-15-11-5(14)3-13-2-1-10-12-13/h1-2H,3-4H2,(H,11,14). The summed E-state index contributed by atoms with van der Waals surface area (Å²) in [4.78, 5) is 14.8. The van der Waals surface area contributed by atoms with E-state index in [0.717, 1.165) is 4.68 Å². The molecule has 1 rings (SSSR count). The molecule has 0 aromatic carbocycles. The van der Waals surface area contributed by atoms with E-state index >= 15 is 0 Å². The molecule has 0 saturated heterocycles. The highest BCUT2D eigenvalue weighted by atomic mass is 19.4. The van der Waals surface area contributed by atoms with Crippen LogP contribution in [0, 0.1) is 0 Å². The van der Waals surface area contributed by atoms with Gasteiger partial charge < -0.3 is 0 Å². The van der Waals surface area contributed by atoms with E-state index < -0.39 is 18.7 Å². The van der Waals surface area contributed by atoms with Crippen molar-refractivity contribution in [1.82, 2.24) is 20.5 Å². The van der Waals surface area contributed by atoms with Crippen LogP contribution in [-0.2, 0) is 16.2 Å². The predicted octanol–water partition coefficient (Wildman–Crippen LogP) is -0.112. The monoisotopic (exact) mass is 224 g/mol. The second kappa shape index (κ2) is 4.73. The number of hydroxylamine groups is 1. The lowest BCUT2D eigenvalue weighted by molar-refractivity contribution is -0.191. The van der Waals surface area contributed by atoms with Crippen LogP contribution in [-0.4, -0.2) is 33.7 Å². The zero-order valence-corrected chi connectivity index (χ0v) is 7.36. The molecule has 0 aliphatic heterocycles. The van der Waals surface area contributed by atoms with Crippen molar-refractivity contribution in [3.8, 4) is 0 Å². The van der Waals surface area contributed by atoms with E-state index in [1.54, 1.807) is 5.48 Å². The van der Waals surface area contributed by atoms with E-state index in [1.165, 1.54) is 12.4 Å². The lowest BCUT2D eigenvalue weighted by Crippen LogP contribution is -2.32. The fraction of sp³-hybridized carbons (Fsp3) is 0.500. The van der Waals surface area contributed by atoms with Crippen molar-refractivity contribution >= 4 is 5.91 Å². The zero-order chi connectivity index (χ0) is 11.3. The molecule has 9 heteroatoms. The highest BCUT2D eigenvalue weighted by Gasteiger charge is 2.28. The fourth-order valence-electron chi connectivity index (χ4n) is 0.695. The van der Waals surface area contributed by atoms with Gasteiger partial charge in [0.25, 0.3) is 5.91 Å². The number of aromatic nitrogens is 3. The summed E-state index contributed by atoms with van der Waals surface area (Å²) in [6.07, 6.45) is -1.74. The number of hydrogen-bond acceptors (Lipinski definition) is 4. The van der Waals surface area contributed by atoms with Crippen molar-refractivity contribution in [3.05, 3.63) is 12.4 Å². The first-order valence-corrected chi connectivity index (χ1v) is 3.79. The minimum Gasteiger partial charge on any atom is -0.271 e. The predicted molar refractivity (Wildman–Crippen MR) is 40.2 cm³/mol. The van der Waals surface area contributed by atoms with Gasteiger partial charge in [-0.15, -0.1) is 5.10 Å². The molecule has 6 nitrogen and oxygen atoms in total. The van der Waals surface area contributed by atoms with Crippen LogP contribution >= 0.6 is 0 Å². The van der Waals surface area contributed by atoms with Gasteiger partial charge in [-0.25, -0.2) is 10.2 Å². The van der Waals surface area contributed by atoms with Crippen molar-refractivity contribution in [2.75, 3.05) is 6.61 Å². The average Bonchev–Trinajstić information content (AvgIpc) is 2.54. The Morgan fingerprint density at radius 2 is 2.27 bits per heavy atom. The first-order valence-electron chi connectivity index (χ1n) is 3.79. The summed E-state index contributed by atoms with van der Waals surface area (Å²) < 4.78 is 35.9. The second-order valence-electron chi connectivity index (χ2n) is 2.53. The zero-order valence-electron chi connectivity index (χ0n) is 7.36. The molecule has 0 aliphatic rings. The average molecular weight is 224 g/mol. The van der Waals surface area contributed by atoms with Crippen LogP contribution in [0.15, 0.2) is 12.4 Å². The Balaban J connectivity index is 2.20. The van der Waals surface area contributed by atoms with Crippen LogP contribution in [0.1, 0.15) is 0 Å². The molecule has 0 aliphatic carbocycles. The number of hydrogen-bond donors (Lipinski definition) is 1. The van der Waals surface area contributed by atoms with Crippen LogP contribution in [0.5, 0.6) is 0 Å². The molecule has 1 heterocycles. The molecule has 0 unspecified atom stereocenters. The summed E-state index contributed by atoms with van der Waals surface area (Å²) in [5.74, 6) is -0.746. The van der Waals surface area contributed by atoms with Gasteiger partial charge in [0.2, 0.25) is 0 Å². The number of halogens is 3. The van der Waals surface area contributed by atoms with Gasteiger partial charge in [0.05, 0.1) is 6.20 Å². The quantitative estimate of drug-likeness (QED) is 0.724. The highest BCUT2D eigenvalue weighted by Crippen LogP contribution is 2.13. The number of carbonyl (C=O) groups is 1. The van der Waals surface area contributed by atoms with Gasteiger partial charge in [0, 0.05) is 6.20 Å². The van der Waals surface area contributed by atoms with Crippen LogP contribution in [0.4, 0.5) is 13.2 Å². The van der Waals surface area contributed by atoms with E-state index in [4.69, 9.17) is 0 Å². The first-order chi connectivity index (χ1) is 6.97. The molecule has 0 atom stereocenters. The van der Waals surface area contributed by atoms with Crippen LogP contribution in [0.2, 0.25) is 0 Å². The first kappa shape index (κ1) is 11.4. The Labute approximate surface area is 82.0 Å². The smallest absolute Gasteiger partial charge is 0.271 e. The number of alkyl halides is 3. The Hall–Kier alpha value is -1.64. The minimum absolute atomic E-state index is 0.252. The van der Waals surface area contributed by atoms with Crippen molar-refractivity contribution in [1.29, 1.82) is 0 Å². The minimum atomic E-state index is -4.47. The van der Waals surface area contributed by atoms with Crippen molar-refractivity contribution in [2.24, 2.45) is 0 Å². The van der Waals surface area contributed by atoms with Crippen molar-refractivity contribution < 1.29 is 22.8 Å². The highest BCUT2D eigenvalue weighted by molar-refractivity contribution is 5.74. The second-order valence-corrected chi connectivity index (χ2v) is 2.53. The Kier molecular flexibility index (Phi) is 3.61. The van der Waals surface area contributed by atoms with Gasteiger partial charge in [-0.1, -0.05) is 5.21 Å². The molecule has 0 fully saturated rings. The maximum absolute atomic E-state index is 11.6. The summed E-state index contributed by atoms with van der Waals surface area (Å²) in [5, 5.41) is 6.85. The van der Waals surface area contributed by atoms with Crippen molar-refractivity contribution in [3.63, 3.8) is 0 Å². The molecule has 84 valence electrons. The van der Waals surface area contributed by atoms with E-state index in [0.29, 0.717) is 0 Å². The Morgan fingerprint density at radius 3 is 2.80 bits per heavy atom. The van der Waals surface area contributed by atoms with E-state index in [2.05, 4.69) is 15.1 Å². The molecule has 1 aromatic heterocycles. The summed E-state index contributed by atoms with van der Waals surface area (Å²) in [5.41, 5.74) is 1.63. The molecule has 1 amide bonds. The third-order valence-corrected chi connectivity index (χ3v) is 1.20. The molecule has 0 bridgehead atoms. The summed E-state index contributed by atoms with van der Waals surface area (Å²) >= 11 is 0. The molecular formula is C6H7F3N4O2. The van der Waals surface area contributed by atoms with E-state index in [1.807, 2.05) is 0 Å². The third kappa shape index (κ3) is 4.96. The number of amides is 1. The molecular weight excluding hydrogens is 217 g/mol. The largest absolute Gasteiger partial charge is 0.414 e. The Morgan fingerprint density at radius 1 is 1.53 bits per heavy atom. The van der Waals surface area contributed by atoms with Gasteiger partial charge >= 0.3 is 6.18 Å². The lowest BCUT2D eigenvalue weighted by atomic mass is 10.6. The summed E-state index contributed by atoms with van der Waals surface area (Å²) in [7, 11) is 0. The van der Waals surface area contributed by atoms with Crippen LogP contribution in [0.3, 0.4) is 0 Å². The number of nitrogens with one attached hydrogen (secondary N) is 1. The molecule has 0 radical (unpaired) electrons. The van der Waals surface area contributed by atoms with E-state index in [9.17, 15) is 18.0 Å². The van der Waals surface area contributed by atoms with Gasteiger partial charge in [-0.05, 0) is 0 Å². The molecule has 1 aromatic rings. The van der Waals surface area contributed by atoms with E-state index in [-0.39, 0.29) is 6.54 Å². The molecule has 1 N–H and O–H groups in total.